The molecule has 0 unspecified atom stereocenters. The molecule has 35 heavy (non-hydrogen) atoms. The number of halogens is 1. The van der Waals surface area contributed by atoms with Crippen molar-refractivity contribution in [1.29, 1.82) is 0 Å². The number of para-hydroxylation sites is 1. The van der Waals surface area contributed by atoms with E-state index in [0.717, 1.165) is 67.8 Å². The number of hydroxylamine groups is 1. The third kappa shape index (κ3) is 5.34. The van der Waals surface area contributed by atoms with E-state index in [2.05, 4.69) is 23.7 Å². The molecule has 3 aromatic carbocycles. The van der Waals surface area contributed by atoms with Gasteiger partial charge in [0.1, 0.15) is 6.42 Å². The Balaban J connectivity index is 1.73. The van der Waals surface area contributed by atoms with Crippen LogP contribution in [0.1, 0.15) is 29.5 Å². The van der Waals surface area contributed by atoms with E-state index >= 15 is 0 Å². The molecule has 0 saturated heterocycles. The maximum atomic E-state index is 13.2. The average Bonchev–Trinajstić information content (AvgIpc) is 2.85. The molecule has 182 valence electrons. The zero-order valence-corrected chi connectivity index (χ0v) is 20.8. The second kappa shape index (κ2) is 10.9. The summed E-state index contributed by atoms with van der Waals surface area (Å²) in [6.07, 6.45) is 0.678. The highest BCUT2D eigenvalue weighted by Crippen LogP contribution is 2.25. The Kier molecular flexibility index (Phi) is 7.73. The van der Waals surface area contributed by atoms with Crippen LogP contribution < -0.4 is 15.4 Å². The zero-order chi connectivity index (χ0) is 24.9. The van der Waals surface area contributed by atoms with Crippen LogP contribution in [0.4, 0.5) is 0 Å². The Hall–Kier alpha value is -3.35. The first-order valence-corrected chi connectivity index (χ1v) is 12.2. The number of nitrogens with one attached hydrogen (secondary N) is 1. The van der Waals surface area contributed by atoms with E-state index in [9.17, 15) is 10.0 Å². The van der Waals surface area contributed by atoms with E-state index in [0.29, 0.717) is 11.9 Å². The zero-order valence-electron chi connectivity index (χ0n) is 20.1. The number of carbonyl (C=O) groups is 1. The molecule has 0 atom stereocenters. The summed E-state index contributed by atoms with van der Waals surface area (Å²) < 4.78 is 3.13. The smallest absolute Gasteiger partial charge is 0.309 e. The lowest BCUT2D eigenvalue weighted by atomic mass is 10.0. The summed E-state index contributed by atoms with van der Waals surface area (Å²) in [6, 6.07) is 19.7. The molecule has 4 aromatic rings. The van der Waals surface area contributed by atoms with Crippen LogP contribution in [0.15, 0.2) is 60.7 Å². The van der Waals surface area contributed by atoms with Crippen LogP contribution in [0.25, 0.3) is 21.8 Å². The maximum absolute atomic E-state index is 13.2. The maximum Gasteiger partial charge on any atom is 0.309 e. The van der Waals surface area contributed by atoms with Gasteiger partial charge in [0, 0.05) is 18.1 Å². The summed E-state index contributed by atoms with van der Waals surface area (Å²) >= 11 is 6.27. The fourth-order valence-corrected chi connectivity index (χ4v) is 4.75. The second-order valence-corrected chi connectivity index (χ2v) is 9.20. The number of hydrogen-bond acceptors (Lipinski definition) is 3. The number of aromatic nitrogens is 1. The molecule has 0 fully saturated rings. The van der Waals surface area contributed by atoms with Gasteiger partial charge in [0.25, 0.3) is 0 Å². The molecule has 0 bridgehead atoms. The van der Waals surface area contributed by atoms with Gasteiger partial charge in [-0.15, -0.1) is 0 Å². The molecule has 4 rings (SSSR count). The Morgan fingerprint density at radius 1 is 1.06 bits per heavy atom. The Labute approximate surface area is 209 Å². The van der Waals surface area contributed by atoms with Crippen molar-refractivity contribution in [2.45, 2.75) is 39.8 Å². The second-order valence-electron chi connectivity index (χ2n) is 8.79. The van der Waals surface area contributed by atoms with Crippen LogP contribution in [-0.4, -0.2) is 28.7 Å². The molecule has 6 nitrogen and oxygen atoms in total. The third-order valence-electron chi connectivity index (χ3n) is 6.46. The van der Waals surface area contributed by atoms with Crippen molar-refractivity contribution in [3.05, 3.63) is 92.9 Å². The number of fused-ring (bicyclic) bond motifs is 2. The van der Waals surface area contributed by atoms with Crippen molar-refractivity contribution < 1.29 is 9.90 Å². The van der Waals surface area contributed by atoms with Gasteiger partial charge in [-0.1, -0.05) is 48.0 Å². The number of rotatable bonds is 9. The summed E-state index contributed by atoms with van der Waals surface area (Å²) in [5, 5.41) is 28.7. The molecule has 2 N–H and O–H groups in total. The topological polar surface area (TPSA) is 80.3 Å². The molecule has 7 heteroatoms. The fraction of sp³-hybridized carbons (Fsp3) is 0.286. The lowest BCUT2D eigenvalue weighted by Gasteiger charge is -2.19. The molecule has 0 aliphatic heterocycles. The Morgan fingerprint density at radius 3 is 2.57 bits per heavy atom. The summed E-state index contributed by atoms with van der Waals surface area (Å²) in [5.41, 5.74) is 5.31. The number of carboxylic acid groups (broad SMARTS) is 1. The van der Waals surface area contributed by atoms with E-state index in [1.807, 2.05) is 60.7 Å². The van der Waals surface area contributed by atoms with Crippen molar-refractivity contribution >= 4 is 39.4 Å². The number of aliphatic carboxylic acids is 1. The van der Waals surface area contributed by atoms with Crippen molar-refractivity contribution in [3.63, 3.8) is 0 Å². The normalized spacial score (nSPS) is 12.3. The molecular formula is C28H30ClN3O3. The number of nitrogens with zero attached hydrogens (tertiary/aromatic N) is 2. The fourth-order valence-electron chi connectivity index (χ4n) is 4.55. The van der Waals surface area contributed by atoms with E-state index in [4.69, 9.17) is 16.7 Å². The first-order valence-electron chi connectivity index (χ1n) is 11.8. The quantitative estimate of drug-likeness (QED) is 0.150. The first-order chi connectivity index (χ1) is 16.9. The molecular weight excluding hydrogens is 462 g/mol. The Morgan fingerprint density at radius 2 is 1.80 bits per heavy atom. The number of benzene rings is 3. The van der Waals surface area contributed by atoms with Gasteiger partial charge in [-0.05, 0) is 67.8 Å². The molecule has 0 amide bonds. The minimum atomic E-state index is -0.984. The lowest BCUT2D eigenvalue weighted by Crippen LogP contribution is -2.29. The molecule has 1 heterocycles. The van der Waals surface area contributed by atoms with E-state index in [1.54, 1.807) is 0 Å². The van der Waals surface area contributed by atoms with Gasteiger partial charge in [-0.3, -0.25) is 4.79 Å². The predicted molar refractivity (Wildman–Crippen MR) is 142 cm³/mol. The van der Waals surface area contributed by atoms with Crippen molar-refractivity contribution in [2.75, 3.05) is 13.1 Å². The molecule has 0 aliphatic carbocycles. The minimum Gasteiger partial charge on any atom is -0.623 e. The third-order valence-corrected chi connectivity index (χ3v) is 6.83. The largest absolute Gasteiger partial charge is 0.623 e. The minimum absolute atomic E-state index is 0.0999. The van der Waals surface area contributed by atoms with Gasteiger partial charge in [0.2, 0.25) is 5.36 Å². The highest BCUT2D eigenvalue weighted by molar-refractivity contribution is 6.31. The number of carboxylic acids is 1. The summed E-state index contributed by atoms with van der Waals surface area (Å²) in [5.74, 6) is -0.984. The van der Waals surface area contributed by atoms with E-state index in [-0.39, 0.29) is 13.0 Å². The summed E-state index contributed by atoms with van der Waals surface area (Å²) in [6.45, 7) is 6.33. The number of pyridine rings is 1. The molecule has 1 aromatic heterocycles. The van der Waals surface area contributed by atoms with Gasteiger partial charge < -0.3 is 20.2 Å². The molecule has 0 spiro atoms. The van der Waals surface area contributed by atoms with Gasteiger partial charge in [0.05, 0.1) is 21.8 Å². The highest BCUT2D eigenvalue weighted by atomic mass is 35.5. The number of aryl methyl sites for hydroxylation is 3. The van der Waals surface area contributed by atoms with Gasteiger partial charge >= 0.3 is 5.97 Å². The van der Waals surface area contributed by atoms with Crippen LogP contribution in [0.2, 0.25) is 5.02 Å². The highest BCUT2D eigenvalue weighted by Gasteiger charge is 2.17. The average molecular weight is 492 g/mol. The first kappa shape index (κ1) is 24.8. The van der Waals surface area contributed by atoms with Crippen molar-refractivity contribution in [2.24, 2.45) is 0 Å². The standard InChI is InChI=1S/C28H30ClN3O3/c1-19-12-13-23-27(20(19)2)31(16-7-15-30-18-21-8-3-5-10-24(21)29)25-11-6-4-9-22(25)28(23)32(35)17-14-26(33)34/h3-6,8-13,30H,7,14-18H2,1-2H3,(H,33,34)/b32-28+. The van der Waals surface area contributed by atoms with E-state index < -0.39 is 5.97 Å². The monoisotopic (exact) mass is 491 g/mol. The lowest BCUT2D eigenvalue weighted by molar-refractivity contribution is -0.136. The van der Waals surface area contributed by atoms with Crippen LogP contribution in [0.3, 0.4) is 0 Å². The Bertz CT molecular complexity index is 1460. The van der Waals surface area contributed by atoms with Crippen LogP contribution in [-0.2, 0) is 17.9 Å². The summed E-state index contributed by atoms with van der Waals surface area (Å²) in [4.78, 5) is 11.1. The van der Waals surface area contributed by atoms with E-state index in [1.165, 1.54) is 0 Å². The van der Waals surface area contributed by atoms with Crippen LogP contribution in [0, 0.1) is 19.1 Å². The molecule has 0 saturated carbocycles. The van der Waals surface area contributed by atoms with Gasteiger partial charge in [-0.2, -0.15) is 0 Å². The molecule has 0 radical (unpaired) electrons. The van der Waals surface area contributed by atoms with Gasteiger partial charge in [0.15, 0.2) is 6.54 Å². The predicted octanol–water partition coefficient (Wildman–Crippen LogP) is 4.99. The van der Waals surface area contributed by atoms with Crippen LogP contribution >= 0.6 is 11.6 Å². The summed E-state index contributed by atoms with van der Waals surface area (Å²) in [7, 11) is 0. The number of hydrogen-bond donors (Lipinski definition) is 2. The van der Waals surface area contributed by atoms with Gasteiger partial charge in [-0.25, -0.2) is 4.74 Å². The van der Waals surface area contributed by atoms with Crippen molar-refractivity contribution in [1.82, 2.24) is 14.6 Å². The molecule has 0 aliphatic rings. The van der Waals surface area contributed by atoms with Crippen molar-refractivity contribution in [3.8, 4) is 0 Å². The van der Waals surface area contributed by atoms with Crippen LogP contribution in [0.5, 0.6) is 0 Å². The SMILES string of the molecule is Cc1ccc2/c(=[N+](/[O-])CCC(=O)O)c3ccccc3n(CCCNCc3ccccc3Cl)c2c1C.